The Morgan fingerprint density at radius 2 is 2.00 bits per heavy atom. The number of anilines is 1. The quantitative estimate of drug-likeness (QED) is 0.763. The highest BCUT2D eigenvalue weighted by molar-refractivity contribution is 6.32. The maximum atomic E-state index is 6.08. The summed E-state index contributed by atoms with van der Waals surface area (Å²) in [5, 5.41) is 0.638. The molecule has 4 heteroatoms. The first-order valence-corrected chi connectivity index (χ1v) is 7.71. The van der Waals surface area contributed by atoms with E-state index in [9.17, 15) is 0 Å². The maximum Gasteiger partial charge on any atom is 0.129 e. The number of fused-ring (bicyclic) bond motifs is 1. The zero-order valence-electron chi connectivity index (χ0n) is 11.1. The number of halogens is 2. The predicted octanol–water partition coefficient (Wildman–Crippen LogP) is 4.43. The molecule has 2 aromatic rings. The van der Waals surface area contributed by atoms with Gasteiger partial charge in [0.2, 0.25) is 0 Å². The third-order valence-corrected chi connectivity index (χ3v) is 4.37. The summed E-state index contributed by atoms with van der Waals surface area (Å²) in [5.74, 6) is 1.38. The van der Waals surface area contributed by atoms with Crippen LogP contribution in [0.25, 0.3) is 0 Å². The van der Waals surface area contributed by atoms with Gasteiger partial charge in [0.1, 0.15) is 5.82 Å². The Balaban J connectivity index is 1.91. The molecule has 0 aliphatic carbocycles. The number of alkyl halides is 1. The average Bonchev–Trinajstić information content (AvgIpc) is 2.70. The van der Waals surface area contributed by atoms with Crippen molar-refractivity contribution in [2.75, 3.05) is 11.4 Å². The predicted molar refractivity (Wildman–Crippen MR) is 84.6 cm³/mol. The van der Waals surface area contributed by atoms with E-state index in [-0.39, 0.29) is 0 Å². The molecule has 0 spiro atoms. The fourth-order valence-corrected chi connectivity index (χ4v) is 3.10. The normalized spacial score (nSPS) is 14.8. The molecule has 0 saturated heterocycles. The topological polar surface area (TPSA) is 16.1 Å². The third kappa shape index (κ3) is 2.77. The Hall–Kier alpha value is -1.25. The first kappa shape index (κ1) is 13.7. The number of hydrogen-bond acceptors (Lipinski definition) is 2. The molecule has 1 aromatic heterocycles. The molecule has 2 nitrogen and oxygen atoms in total. The van der Waals surface area contributed by atoms with E-state index in [0.29, 0.717) is 10.9 Å². The summed E-state index contributed by atoms with van der Waals surface area (Å²) in [6.07, 6.45) is 3.96. The van der Waals surface area contributed by atoms with E-state index in [1.165, 1.54) is 11.1 Å². The van der Waals surface area contributed by atoms with Crippen LogP contribution >= 0.6 is 23.2 Å². The molecule has 104 valence electrons. The van der Waals surface area contributed by atoms with Crippen LogP contribution in [-0.2, 0) is 18.8 Å². The SMILES string of the molecule is ClCc1cc(N2CCCc3ccccc3C2)ncc1Cl. The minimum atomic E-state index is 0.415. The van der Waals surface area contributed by atoms with Gasteiger partial charge in [0.15, 0.2) is 0 Å². The molecule has 0 atom stereocenters. The molecule has 1 aliphatic rings. The number of aryl methyl sites for hydroxylation is 1. The zero-order chi connectivity index (χ0) is 13.9. The van der Waals surface area contributed by atoms with Crippen molar-refractivity contribution >= 4 is 29.0 Å². The first-order valence-electron chi connectivity index (χ1n) is 6.80. The van der Waals surface area contributed by atoms with Crippen molar-refractivity contribution in [2.45, 2.75) is 25.3 Å². The number of hydrogen-bond donors (Lipinski definition) is 0. The van der Waals surface area contributed by atoms with Crippen LogP contribution in [0.5, 0.6) is 0 Å². The fourth-order valence-electron chi connectivity index (χ4n) is 2.64. The van der Waals surface area contributed by atoms with Gasteiger partial charge < -0.3 is 4.90 Å². The fraction of sp³-hybridized carbons (Fsp3) is 0.312. The van der Waals surface area contributed by atoms with E-state index in [0.717, 1.165) is 37.3 Å². The van der Waals surface area contributed by atoms with Crippen molar-refractivity contribution in [1.29, 1.82) is 0 Å². The Bertz CT molecular complexity index is 613. The lowest BCUT2D eigenvalue weighted by Gasteiger charge is -2.22. The van der Waals surface area contributed by atoms with E-state index < -0.39 is 0 Å². The van der Waals surface area contributed by atoms with Gasteiger partial charge in [-0.05, 0) is 35.6 Å². The Labute approximate surface area is 129 Å². The monoisotopic (exact) mass is 306 g/mol. The Kier molecular flexibility index (Phi) is 4.13. The lowest BCUT2D eigenvalue weighted by Crippen LogP contribution is -2.23. The van der Waals surface area contributed by atoms with Gasteiger partial charge in [-0.1, -0.05) is 35.9 Å². The Morgan fingerprint density at radius 1 is 1.20 bits per heavy atom. The molecule has 0 saturated carbocycles. The molecule has 0 fully saturated rings. The second-order valence-electron chi connectivity index (χ2n) is 5.06. The summed E-state index contributed by atoms with van der Waals surface area (Å²) in [5.41, 5.74) is 3.77. The third-order valence-electron chi connectivity index (χ3n) is 3.74. The van der Waals surface area contributed by atoms with Crippen LogP contribution in [0, 0.1) is 0 Å². The van der Waals surface area contributed by atoms with E-state index in [2.05, 4.69) is 34.1 Å². The van der Waals surface area contributed by atoms with Crippen LogP contribution in [0.15, 0.2) is 36.5 Å². The zero-order valence-corrected chi connectivity index (χ0v) is 12.7. The van der Waals surface area contributed by atoms with Crippen LogP contribution < -0.4 is 4.90 Å². The van der Waals surface area contributed by atoms with Crippen molar-refractivity contribution in [3.63, 3.8) is 0 Å². The summed E-state index contributed by atoms with van der Waals surface area (Å²) in [6.45, 7) is 1.90. The number of nitrogens with zero attached hydrogens (tertiary/aromatic N) is 2. The highest BCUT2D eigenvalue weighted by Crippen LogP contribution is 2.26. The van der Waals surface area contributed by atoms with Crippen LogP contribution in [0.1, 0.15) is 23.1 Å². The molecule has 3 rings (SSSR count). The minimum Gasteiger partial charge on any atom is -0.352 e. The maximum absolute atomic E-state index is 6.08. The van der Waals surface area contributed by atoms with E-state index in [1.54, 1.807) is 6.20 Å². The molecular weight excluding hydrogens is 291 g/mol. The van der Waals surface area contributed by atoms with Crippen molar-refractivity contribution in [3.05, 3.63) is 58.2 Å². The number of pyridine rings is 1. The van der Waals surface area contributed by atoms with Crippen molar-refractivity contribution in [2.24, 2.45) is 0 Å². The van der Waals surface area contributed by atoms with Gasteiger partial charge in [-0.15, -0.1) is 11.6 Å². The average molecular weight is 307 g/mol. The molecule has 0 radical (unpaired) electrons. The van der Waals surface area contributed by atoms with Crippen LogP contribution in [0.3, 0.4) is 0 Å². The van der Waals surface area contributed by atoms with Gasteiger partial charge in [-0.25, -0.2) is 4.98 Å². The summed E-state index contributed by atoms with van der Waals surface area (Å²) in [7, 11) is 0. The standard InChI is InChI=1S/C16H16Cl2N2/c17-9-14-8-16(19-10-15(14)18)20-7-3-6-12-4-1-2-5-13(12)11-20/h1-2,4-5,8,10H,3,6-7,9,11H2. The Morgan fingerprint density at radius 3 is 2.80 bits per heavy atom. The second-order valence-corrected chi connectivity index (χ2v) is 5.74. The molecule has 0 N–H and O–H groups in total. The van der Waals surface area contributed by atoms with Gasteiger partial charge in [-0.2, -0.15) is 0 Å². The molecular formula is C16H16Cl2N2. The largest absolute Gasteiger partial charge is 0.352 e. The molecule has 0 amide bonds. The van der Waals surface area contributed by atoms with E-state index >= 15 is 0 Å². The number of aromatic nitrogens is 1. The van der Waals surface area contributed by atoms with Crippen LogP contribution in [-0.4, -0.2) is 11.5 Å². The summed E-state index contributed by atoms with van der Waals surface area (Å²) >= 11 is 12.0. The van der Waals surface area contributed by atoms with Gasteiger partial charge in [0, 0.05) is 25.2 Å². The van der Waals surface area contributed by atoms with Gasteiger partial charge in [0.25, 0.3) is 0 Å². The number of benzene rings is 1. The van der Waals surface area contributed by atoms with Gasteiger partial charge in [0.05, 0.1) is 5.02 Å². The number of rotatable bonds is 2. The first-order chi connectivity index (χ1) is 9.78. The molecule has 20 heavy (non-hydrogen) atoms. The molecule has 0 unspecified atom stereocenters. The van der Waals surface area contributed by atoms with Crippen molar-refractivity contribution in [1.82, 2.24) is 4.98 Å². The summed E-state index contributed by atoms with van der Waals surface area (Å²) in [4.78, 5) is 6.76. The lowest BCUT2D eigenvalue weighted by molar-refractivity contribution is 0.754. The van der Waals surface area contributed by atoms with Crippen LogP contribution in [0.4, 0.5) is 5.82 Å². The molecule has 2 heterocycles. The lowest BCUT2D eigenvalue weighted by atomic mass is 10.0. The van der Waals surface area contributed by atoms with E-state index in [1.807, 2.05) is 6.07 Å². The van der Waals surface area contributed by atoms with Crippen LogP contribution in [0.2, 0.25) is 5.02 Å². The van der Waals surface area contributed by atoms with E-state index in [4.69, 9.17) is 23.2 Å². The van der Waals surface area contributed by atoms with Gasteiger partial charge in [-0.3, -0.25) is 0 Å². The van der Waals surface area contributed by atoms with Crippen molar-refractivity contribution in [3.8, 4) is 0 Å². The van der Waals surface area contributed by atoms with Crippen molar-refractivity contribution < 1.29 is 0 Å². The summed E-state index contributed by atoms with van der Waals surface area (Å²) in [6, 6.07) is 10.6. The second kappa shape index (κ2) is 6.02. The molecule has 0 bridgehead atoms. The highest BCUT2D eigenvalue weighted by atomic mass is 35.5. The minimum absolute atomic E-state index is 0.415. The molecule has 1 aliphatic heterocycles. The summed E-state index contributed by atoms with van der Waals surface area (Å²) < 4.78 is 0. The molecule has 1 aromatic carbocycles. The smallest absolute Gasteiger partial charge is 0.129 e. The highest BCUT2D eigenvalue weighted by Gasteiger charge is 2.16. The van der Waals surface area contributed by atoms with Gasteiger partial charge >= 0.3 is 0 Å².